The second-order valence-electron chi connectivity index (χ2n) is 4.09. The molecule has 0 aliphatic rings. The van der Waals surface area contributed by atoms with E-state index in [1.54, 1.807) is 4.57 Å². The lowest BCUT2D eigenvalue weighted by Gasteiger charge is -2.11. The van der Waals surface area contributed by atoms with Gasteiger partial charge in [-0.3, -0.25) is 4.79 Å². The van der Waals surface area contributed by atoms with Crippen LogP contribution in [-0.2, 0) is 0 Å². The van der Waals surface area contributed by atoms with Gasteiger partial charge in [0.15, 0.2) is 0 Å². The van der Waals surface area contributed by atoms with E-state index in [-0.39, 0.29) is 11.6 Å². The molecule has 0 spiro atoms. The molecule has 2 heteroatoms. The van der Waals surface area contributed by atoms with Crippen molar-refractivity contribution in [2.75, 3.05) is 0 Å². The van der Waals surface area contributed by atoms with Gasteiger partial charge in [-0.15, -0.1) is 0 Å². The van der Waals surface area contributed by atoms with Crippen LogP contribution in [0.5, 0.6) is 0 Å². The van der Waals surface area contributed by atoms with E-state index in [1.807, 2.05) is 62.5 Å². The quantitative estimate of drug-likeness (QED) is 0.751. The van der Waals surface area contributed by atoms with Crippen molar-refractivity contribution in [1.82, 2.24) is 4.57 Å². The number of rotatable bonds is 2. The second-order valence-corrected chi connectivity index (χ2v) is 4.09. The normalized spacial score (nSPS) is 10.7. The topological polar surface area (TPSA) is 22.0 Å². The molecule has 0 fully saturated rings. The van der Waals surface area contributed by atoms with Crippen LogP contribution in [0.2, 0.25) is 0 Å². The summed E-state index contributed by atoms with van der Waals surface area (Å²) < 4.78 is 1.75. The molecule has 16 heavy (non-hydrogen) atoms. The molecule has 82 valence electrons. The van der Waals surface area contributed by atoms with Crippen molar-refractivity contribution < 1.29 is 0 Å². The minimum absolute atomic E-state index is 0.0729. The Labute approximate surface area is 95.2 Å². The molecular formula is C14H15NO. The summed E-state index contributed by atoms with van der Waals surface area (Å²) in [6.07, 6.45) is 1.83. The third-order valence-corrected chi connectivity index (χ3v) is 2.62. The number of benzene rings is 1. The van der Waals surface area contributed by atoms with Gasteiger partial charge in [0, 0.05) is 17.8 Å². The molecule has 0 atom stereocenters. The van der Waals surface area contributed by atoms with Crippen LogP contribution in [0.3, 0.4) is 0 Å². The maximum atomic E-state index is 12.2. The van der Waals surface area contributed by atoms with Crippen molar-refractivity contribution in [2.24, 2.45) is 0 Å². The highest BCUT2D eigenvalue weighted by Crippen LogP contribution is 2.14. The van der Waals surface area contributed by atoms with Crippen LogP contribution in [0, 0.1) is 0 Å². The van der Waals surface area contributed by atoms with Gasteiger partial charge in [0.05, 0.1) is 0 Å². The Bertz CT molecular complexity index is 526. The SMILES string of the molecule is CC(C)n1cccc(-c2ccccc2)c1=O. The van der Waals surface area contributed by atoms with E-state index in [4.69, 9.17) is 0 Å². The average Bonchev–Trinajstić information content (AvgIpc) is 2.30. The Hall–Kier alpha value is -1.83. The molecular weight excluding hydrogens is 198 g/mol. The predicted octanol–water partition coefficient (Wildman–Crippen LogP) is 3.10. The summed E-state index contributed by atoms with van der Waals surface area (Å²) in [6, 6.07) is 13.7. The number of aromatic nitrogens is 1. The summed E-state index contributed by atoms with van der Waals surface area (Å²) >= 11 is 0. The van der Waals surface area contributed by atoms with Crippen molar-refractivity contribution in [2.45, 2.75) is 19.9 Å². The van der Waals surface area contributed by atoms with Gasteiger partial charge in [-0.25, -0.2) is 0 Å². The lowest BCUT2D eigenvalue weighted by Crippen LogP contribution is -2.22. The van der Waals surface area contributed by atoms with Crippen LogP contribution < -0.4 is 5.56 Å². The van der Waals surface area contributed by atoms with Gasteiger partial charge in [0.2, 0.25) is 0 Å². The van der Waals surface area contributed by atoms with Gasteiger partial charge in [-0.05, 0) is 31.5 Å². The second kappa shape index (κ2) is 4.35. The Morgan fingerprint density at radius 1 is 1.00 bits per heavy atom. The molecule has 0 saturated carbocycles. The van der Waals surface area contributed by atoms with E-state index in [1.165, 1.54) is 0 Å². The van der Waals surface area contributed by atoms with Crippen molar-refractivity contribution in [1.29, 1.82) is 0 Å². The summed E-state index contributed by atoms with van der Waals surface area (Å²) in [4.78, 5) is 12.2. The van der Waals surface area contributed by atoms with E-state index in [9.17, 15) is 4.79 Å². The van der Waals surface area contributed by atoms with E-state index in [2.05, 4.69) is 0 Å². The van der Waals surface area contributed by atoms with E-state index in [0.717, 1.165) is 11.1 Å². The summed E-state index contributed by atoms with van der Waals surface area (Å²) in [7, 11) is 0. The lowest BCUT2D eigenvalue weighted by atomic mass is 10.1. The lowest BCUT2D eigenvalue weighted by molar-refractivity contribution is 0.579. The molecule has 0 N–H and O–H groups in total. The molecule has 0 aliphatic heterocycles. The highest BCUT2D eigenvalue weighted by Gasteiger charge is 2.06. The fourth-order valence-electron chi connectivity index (χ4n) is 1.75. The number of hydrogen-bond acceptors (Lipinski definition) is 1. The molecule has 1 heterocycles. The Morgan fingerprint density at radius 3 is 2.31 bits per heavy atom. The summed E-state index contributed by atoms with van der Waals surface area (Å²) in [5.74, 6) is 0. The van der Waals surface area contributed by atoms with Gasteiger partial charge in [0.1, 0.15) is 0 Å². The van der Waals surface area contributed by atoms with Crippen LogP contribution in [0.25, 0.3) is 11.1 Å². The molecule has 2 nitrogen and oxygen atoms in total. The van der Waals surface area contributed by atoms with Gasteiger partial charge in [0.25, 0.3) is 5.56 Å². The zero-order valence-corrected chi connectivity index (χ0v) is 9.55. The summed E-state index contributed by atoms with van der Waals surface area (Å²) in [5.41, 5.74) is 1.81. The van der Waals surface area contributed by atoms with Crippen molar-refractivity contribution >= 4 is 0 Å². The molecule has 2 aromatic rings. The van der Waals surface area contributed by atoms with Crippen molar-refractivity contribution in [3.63, 3.8) is 0 Å². The van der Waals surface area contributed by atoms with Gasteiger partial charge in [-0.2, -0.15) is 0 Å². The number of pyridine rings is 1. The first-order valence-electron chi connectivity index (χ1n) is 5.46. The fourth-order valence-corrected chi connectivity index (χ4v) is 1.75. The molecule has 0 unspecified atom stereocenters. The zero-order valence-electron chi connectivity index (χ0n) is 9.55. The standard InChI is InChI=1S/C14H15NO/c1-11(2)15-10-6-9-13(14(15)16)12-7-4-3-5-8-12/h3-11H,1-2H3. The Balaban J connectivity index is 2.60. The van der Waals surface area contributed by atoms with E-state index < -0.39 is 0 Å². The fraction of sp³-hybridized carbons (Fsp3) is 0.214. The summed E-state index contributed by atoms with van der Waals surface area (Å²) in [6.45, 7) is 4.02. The third kappa shape index (κ3) is 1.91. The maximum absolute atomic E-state index is 12.2. The van der Waals surface area contributed by atoms with Gasteiger partial charge >= 0.3 is 0 Å². The average molecular weight is 213 g/mol. The third-order valence-electron chi connectivity index (χ3n) is 2.62. The monoisotopic (exact) mass is 213 g/mol. The van der Waals surface area contributed by atoms with Crippen LogP contribution in [0.4, 0.5) is 0 Å². The molecule has 2 rings (SSSR count). The Kier molecular flexibility index (Phi) is 2.91. The highest BCUT2D eigenvalue weighted by atomic mass is 16.1. The minimum atomic E-state index is 0.0729. The molecule has 0 aliphatic carbocycles. The highest BCUT2D eigenvalue weighted by molar-refractivity contribution is 5.61. The van der Waals surface area contributed by atoms with Crippen LogP contribution in [0.15, 0.2) is 53.5 Å². The molecule has 0 bridgehead atoms. The largest absolute Gasteiger partial charge is 0.313 e. The van der Waals surface area contributed by atoms with E-state index >= 15 is 0 Å². The molecule has 0 amide bonds. The molecule has 1 aromatic carbocycles. The first kappa shape index (κ1) is 10.7. The smallest absolute Gasteiger partial charge is 0.258 e. The van der Waals surface area contributed by atoms with Crippen LogP contribution in [-0.4, -0.2) is 4.57 Å². The first-order chi connectivity index (χ1) is 7.70. The molecule has 0 saturated heterocycles. The van der Waals surface area contributed by atoms with Crippen molar-refractivity contribution in [3.05, 3.63) is 59.0 Å². The van der Waals surface area contributed by atoms with Gasteiger partial charge in [-0.1, -0.05) is 30.3 Å². The minimum Gasteiger partial charge on any atom is -0.313 e. The van der Waals surface area contributed by atoms with Gasteiger partial charge < -0.3 is 4.57 Å². The zero-order chi connectivity index (χ0) is 11.5. The number of hydrogen-bond donors (Lipinski definition) is 0. The van der Waals surface area contributed by atoms with Crippen LogP contribution >= 0.6 is 0 Å². The number of nitrogens with zero attached hydrogens (tertiary/aromatic N) is 1. The first-order valence-corrected chi connectivity index (χ1v) is 5.46. The maximum Gasteiger partial charge on any atom is 0.258 e. The molecule has 0 radical (unpaired) electrons. The predicted molar refractivity (Wildman–Crippen MR) is 66.5 cm³/mol. The van der Waals surface area contributed by atoms with Crippen LogP contribution in [0.1, 0.15) is 19.9 Å². The summed E-state index contributed by atoms with van der Waals surface area (Å²) in [5, 5.41) is 0. The van der Waals surface area contributed by atoms with Crippen molar-refractivity contribution in [3.8, 4) is 11.1 Å². The Morgan fingerprint density at radius 2 is 1.69 bits per heavy atom. The molecule has 1 aromatic heterocycles. The van der Waals surface area contributed by atoms with E-state index in [0.29, 0.717) is 0 Å².